The number of guanidine groups is 1. The van der Waals surface area contributed by atoms with Crippen LogP contribution in [0.5, 0.6) is 5.75 Å². The zero-order chi connectivity index (χ0) is 19.4. The van der Waals surface area contributed by atoms with Gasteiger partial charge in [-0.3, -0.25) is 4.98 Å². The molecule has 2 aliphatic rings. The first-order valence-corrected chi connectivity index (χ1v) is 10.7. The quantitative estimate of drug-likeness (QED) is 0.801. The Morgan fingerprint density at radius 1 is 1.44 bits per heavy atom. The van der Waals surface area contributed by atoms with Crippen LogP contribution in [-0.4, -0.2) is 49.9 Å². The highest BCUT2D eigenvalue weighted by Gasteiger charge is 2.58. The van der Waals surface area contributed by atoms with Crippen molar-refractivity contribution in [2.75, 3.05) is 20.8 Å². The first-order valence-electron chi connectivity index (χ1n) is 8.03. The van der Waals surface area contributed by atoms with E-state index in [2.05, 4.69) is 9.98 Å². The number of aliphatic imine (C=N–C) groups is 1. The number of fused-ring (bicyclic) bond motifs is 1. The van der Waals surface area contributed by atoms with E-state index in [1.54, 1.807) is 25.6 Å². The van der Waals surface area contributed by atoms with Gasteiger partial charge in [0, 0.05) is 30.1 Å². The predicted molar refractivity (Wildman–Crippen MR) is 103 cm³/mol. The van der Waals surface area contributed by atoms with E-state index < -0.39 is 21.0 Å². The second-order valence-electron chi connectivity index (χ2n) is 6.26. The molecule has 1 saturated heterocycles. The molecule has 2 atom stereocenters. The molecule has 1 fully saturated rings. The number of methoxy groups -OCH3 is 1. The lowest BCUT2D eigenvalue weighted by Crippen LogP contribution is -2.55. The Labute approximate surface area is 165 Å². The lowest BCUT2D eigenvalue weighted by molar-refractivity contribution is 0.135. The smallest absolute Gasteiger partial charge is 0.267 e. The SMILES string of the molecule is COc1cncc(-c2cc(Cl)c(C34CCOC3S(=O)(=O)N(C)C(N)=N4)s2)c1. The lowest BCUT2D eigenvalue weighted by atomic mass is 9.97. The second-order valence-corrected chi connectivity index (χ2v) is 9.73. The maximum Gasteiger partial charge on any atom is 0.267 e. The van der Waals surface area contributed by atoms with Crippen LogP contribution in [0.4, 0.5) is 0 Å². The Bertz CT molecular complexity index is 1040. The number of nitrogens with zero attached hydrogens (tertiary/aromatic N) is 3. The van der Waals surface area contributed by atoms with Gasteiger partial charge in [-0.1, -0.05) is 11.6 Å². The average Bonchev–Trinajstić information content (AvgIpc) is 3.25. The molecular weight excluding hydrogens is 412 g/mol. The molecule has 0 radical (unpaired) electrons. The second kappa shape index (κ2) is 6.33. The number of rotatable bonds is 3. The molecule has 2 aromatic heterocycles. The summed E-state index contributed by atoms with van der Waals surface area (Å²) in [5.41, 5.74) is 4.42. The van der Waals surface area contributed by atoms with Crippen molar-refractivity contribution in [3.63, 3.8) is 0 Å². The summed E-state index contributed by atoms with van der Waals surface area (Å²) in [7, 11) is -0.879. The Morgan fingerprint density at radius 2 is 2.22 bits per heavy atom. The molecule has 27 heavy (non-hydrogen) atoms. The van der Waals surface area contributed by atoms with Crippen LogP contribution in [0, 0.1) is 0 Å². The third-order valence-electron chi connectivity index (χ3n) is 4.74. The topological polar surface area (TPSA) is 107 Å². The molecule has 2 aromatic rings. The zero-order valence-corrected chi connectivity index (χ0v) is 16.9. The molecule has 11 heteroatoms. The number of ether oxygens (including phenoxy) is 2. The first kappa shape index (κ1) is 18.5. The number of halogens is 1. The molecule has 4 rings (SSSR count). The summed E-state index contributed by atoms with van der Waals surface area (Å²) in [5.74, 6) is 0.536. The molecule has 0 aromatic carbocycles. The monoisotopic (exact) mass is 428 g/mol. The van der Waals surface area contributed by atoms with Crippen LogP contribution in [0.2, 0.25) is 5.02 Å². The standard InChI is InChI=1S/C16H17ClN4O4S2/c1-21-15(18)20-16(3-4-25-14(16)27(21,22)23)13-11(17)6-12(26-13)9-5-10(24-2)8-19-7-9/h5-8,14H,3-4H2,1-2H3,(H2,18,20). The Hall–Kier alpha value is -1.88. The number of aromatic nitrogens is 1. The van der Waals surface area contributed by atoms with Crippen LogP contribution in [0.15, 0.2) is 29.5 Å². The van der Waals surface area contributed by atoms with E-state index >= 15 is 0 Å². The Kier molecular flexibility index (Phi) is 4.34. The van der Waals surface area contributed by atoms with E-state index in [0.29, 0.717) is 22.1 Å². The summed E-state index contributed by atoms with van der Waals surface area (Å²) in [5, 5.41) is 0.421. The van der Waals surface area contributed by atoms with Gasteiger partial charge in [0.05, 0.1) is 29.8 Å². The molecule has 0 amide bonds. The van der Waals surface area contributed by atoms with Gasteiger partial charge in [-0.25, -0.2) is 17.7 Å². The van der Waals surface area contributed by atoms with Gasteiger partial charge in [0.25, 0.3) is 10.0 Å². The van der Waals surface area contributed by atoms with Gasteiger partial charge >= 0.3 is 0 Å². The molecule has 0 saturated carbocycles. The summed E-state index contributed by atoms with van der Waals surface area (Å²) in [4.78, 5) is 10.1. The van der Waals surface area contributed by atoms with E-state index in [9.17, 15) is 8.42 Å². The summed E-state index contributed by atoms with van der Waals surface area (Å²) in [6.45, 7) is 0.249. The average molecular weight is 429 g/mol. The van der Waals surface area contributed by atoms with Gasteiger partial charge < -0.3 is 15.2 Å². The third kappa shape index (κ3) is 2.70. The van der Waals surface area contributed by atoms with Gasteiger partial charge in [-0.15, -0.1) is 11.3 Å². The molecule has 8 nitrogen and oxygen atoms in total. The minimum atomic E-state index is -3.81. The highest BCUT2D eigenvalue weighted by molar-refractivity contribution is 7.90. The first-order chi connectivity index (χ1) is 12.8. The van der Waals surface area contributed by atoms with Gasteiger partial charge in [0.15, 0.2) is 0 Å². The third-order valence-corrected chi connectivity index (χ3v) is 8.52. The van der Waals surface area contributed by atoms with Crippen LogP contribution in [0.3, 0.4) is 0 Å². The van der Waals surface area contributed by atoms with Crippen LogP contribution in [0.25, 0.3) is 10.4 Å². The summed E-state index contributed by atoms with van der Waals surface area (Å²) in [6, 6.07) is 3.61. The zero-order valence-electron chi connectivity index (χ0n) is 14.5. The predicted octanol–water partition coefficient (Wildman–Crippen LogP) is 2.00. The van der Waals surface area contributed by atoms with Crippen molar-refractivity contribution in [1.82, 2.24) is 9.29 Å². The number of hydrogen-bond acceptors (Lipinski definition) is 8. The van der Waals surface area contributed by atoms with Crippen molar-refractivity contribution < 1.29 is 17.9 Å². The fourth-order valence-corrected chi connectivity index (χ4v) is 6.69. The van der Waals surface area contributed by atoms with Crippen molar-refractivity contribution in [1.29, 1.82) is 0 Å². The van der Waals surface area contributed by atoms with Crippen molar-refractivity contribution in [3.05, 3.63) is 34.4 Å². The van der Waals surface area contributed by atoms with E-state index in [4.69, 9.17) is 26.8 Å². The maximum absolute atomic E-state index is 12.8. The van der Waals surface area contributed by atoms with Crippen LogP contribution >= 0.6 is 22.9 Å². The van der Waals surface area contributed by atoms with Gasteiger partial charge in [-0.05, 0) is 12.1 Å². The van der Waals surface area contributed by atoms with E-state index in [0.717, 1.165) is 14.7 Å². The molecule has 2 unspecified atom stereocenters. The molecular formula is C16H17ClN4O4S2. The molecule has 4 heterocycles. The van der Waals surface area contributed by atoms with Crippen LogP contribution in [-0.2, 0) is 20.3 Å². The minimum Gasteiger partial charge on any atom is -0.495 e. The molecule has 0 aliphatic carbocycles. The number of nitrogens with two attached hydrogens (primary N) is 1. The molecule has 0 spiro atoms. The van der Waals surface area contributed by atoms with Crippen molar-refractivity contribution >= 4 is 38.9 Å². The highest BCUT2D eigenvalue weighted by atomic mass is 35.5. The van der Waals surface area contributed by atoms with E-state index in [1.807, 2.05) is 6.07 Å². The Balaban J connectivity index is 1.87. The van der Waals surface area contributed by atoms with Crippen LogP contribution < -0.4 is 10.5 Å². The van der Waals surface area contributed by atoms with E-state index in [1.165, 1.54) is 18.4 Å². The number of sulfonamides is 1. The van der Waals surface area contributed by atoms with Crippen molar-refractivity contribution in [3.8, 4) is 16.2 Å². The fraction of sp³-hybridized carbons (Fsp3) is 0.375. The normalized spacial score (nSPS) is 26.6. The lowest BCUT2D eigenvalue weighted by Gasteiger charge is -2.37. The summed E-state index contributed by atoms with van der Waals surface area (Å²) >= 11 is 7.88. The summed E-state index contributed by atoms with van der Waals surface area (Å²) < 4.78 is 37.4. The number of thiophene rings is 1. The maximum atomic E-state index is 12.8. The van der Waals surface area contributed by atoms with Crippen molar-refractivity contribution in [2.24, 2.45) is 10.7 Å². The molecule has 2 N–H and O–H groups in total. The summed E-state index contributed by atoms with van der Waals surface area (Å²) in [6.07, 6.45) is 3.67. The van der Waals surface area contributed by atoms with Crippen LogP contribution in [0.1, 0.15) is 11.3 Å². The van der Waals surface area contributed by atoms with E-state index in [-0.39, 0.29) is 12.6 Å². The number of hydrogen-bond donors (Lipinski definition) is 1. The van der Waals surface area contributed by atoms with Gasteiger partial charge in [-0.2, -0.15) is 0 Å². The molecule has 0 bridgehead atoms. The highest BCUT2D eigenvalue weighted by Crippen LogP contribution is 2.51. The van der Waals surface area contributed by atoms with Gasteiger partial charge in [0.2, 0.25) is 11.4 Å². The largest absolute Gasteiger partial charge is 0.495 e. The molecule has 144 valence electrons. The van der Waals surface area contributed by atoms with Gasteiger partial charge in [0.1, 0.15) is 11.3 Å². The van der Waals surface area contributed by atoms with Crippen molar-refractivity contribution in [2.45, 2.75) is 17.4 Å². The minimum absolute atomic E-state index is 0.0780. The Morgan fingerprint density at radius 3 is 2.96 bits per heavy atom. The number of pyridine rings is 1. The molecule has 2 aliphatic heterocycles. The fourth-order valence-electron chi connectivity index (χ4n) is 3.31.